The van der Waals surface area contributed by atoms with Gasteiger partial charge in [-0.1, -0.05) is 91.0 Å². The number of rotatable bonds is 14. The number of hydrogen-bond donors (Lipinski definition) is 2. The average Bonchev–Trinajstić information content (AvgIpc) is 2.99. The third-order valence-corrected chi connectivity index (χ3v) is 6.75. The van der Waals surface area contributed by atoms with Crippen LogP contribution in [0.25, 0.3) is 0 Å². The summed E-state index contributed by atoms with van der Waals surface area (Å²) in [5.74, 6) is -0.443. The van der Waals surface area contributed by atoms with Crippen molar-refractivity contribution in [2.24, 2.45) is 0 Å². The maximum Gasteiger partial charge on any atom is 0.302 e. The predicted molar refractivity (Wildman–Crippen MR) is 148 cm³/mol. The van der Waals surface area contributed by atoms with Crippen molar-refractivity contribution in [3.8, 4) is 0 Å². The van der Waals surface area contributed by atoms with E-state index in [2.05, 4.69) is 0 Å². The summed E-state index contributed by atoms with van der Waals surface area (Å²) in [6.45, 7) is 1.71. The van der Waals surface area contributed by atoms with Gasteiger partial charge in [-0.05, 0) is 16.7 Å². The minimum Gasteiger partial charge on any atom is -0.463 e. The zero-order valence-corrected chi connectivity index (χ0v) is 22.7. The Morgan fingerprint density at radius 3 is 1.57 bits per heavy atom. The fourth-order valence-corrected chi connectivity index (χ4v) is 4.75. The van der Waals surface area contributed by atoms with Crippen molar-refractivity contribution in [1.82, 2.24) is 0 Å². The molecule has 214 valence electrons. The van der Waals surface area contributed by atoms with Gasteiger partial charge in [0.15, 0.2) is 0 Å². The zero-order valence-electron chi connectivity index (χ0n) is 22.7. The molecule has 4 rings (SSSR count). The van der Waals surface area contributed by atoms with Crippen molar-refractivity contribution in [2.75, 3.05) is 13.2 Å². The standard InChI is InChI=1S/C32H38O8/c1-23(34)36-22-29-31(38-20-25-13-7-3-8-14-25)32(39-21-26-15-9-4-10-16-26)30(28(40-29)17-27(35)18-33)37-19-24-11-5-2-6-12-24/h2-16,27-33,35H,17-22H2,1H3/t27?,28-,29?,30?,31-,32?/m1/s1. The van der Waals surface area contributed by atoms with Crippen LogP contribution in [0, 0.1) is 0 Å². The summed E-state index contributed by atoms with van der Waals surface area (Å²) >= 11 is 0. The van der Waals surface area contributed by atoms with Gasteiger partial charge in [0.1, 0.15) is 31.0 Å². The summed E-state index contributed by atoms with van der Waals surface area (Å²) in [7, 11) is 0. The number of aliphatic hydroxyl groups excluding tert-OH is 2. The van der Waals surface area contributed by atoms with Crippen molar-refractivity contribution >= 4 is 5.97 Å². The van der Waals surface area contributed by atoms with E-state index in [9.17, 15) is 15.0 Å². The minimum atomic E-state index is -1.03. The number of benzene rings is 3. The molecule has 2 N–H and O–H groups in total. The van der Waals surface area contributed by atoms with Crippen LogP contribution in [0.3, 0.4) is 0 Å². The summed E-state index contributed by atoms with van der Waals surface area (Å²) in [6.07, 6.45) is -4.24. The Labute approximate surface area is 235 Å². The first-order valence-electron chi connectivity index (χ1n) is 13.6. The van der Waals surface area contributed by atoms with Gasteiger partial charge in [-0.15, -0.1) is 0 Å². The van der Waals surface area contributed by atoms with E-state index in [1.807, 2.05) is 91.0 Å². The van der Waals surface area contributed by atoms with Gasteiger partial charge in [-0.2, -0.15) is 0 Å². The smallest absolute Gasteiger partial charge is 0.302 e. The number of carbonyl (C=O) groups is 1. The molecule has 8 nitrogen and oxygen atoms in total. The highest BCUT2D eigenvalue weighted by Gasteiger charge is 2.49. The van der Waals surface area contributed by atoms with E-state index in [0.29, 0.717) is 0 Å². The number of esters is 1. The first-order valence-corrected chi connectivity index (χ1v) is 13.6. The van der Waals surface area contributed by atoms with Crippen LogP contribution < -0.4 is 0 Å². The molecular formula is C32H38O8. The highest BCUT2D eigenvalue weighted by atomic mass is 16.6. The maximum absolute atomic E-state index is 11.7. The fourth-order valence-electron chi connectivity index (χ4n) is 4.75. The number of hydrogen-bond acceptors (Lipinski definition) is 8. The molecule has 0 radical (unpaired) electrons. The molecular weight excluding hydrogens is 512 g/mol. The lowest BCUT2D eigenvalue weighted by atomic mass is 9.91. The fraction of sp³-hybridized carbons (Fsp3) is 0.406. The number of carbonyl (C=O) groups excluding carboxylic acids is 1. The molecule has 4 unspecified atom stereocenters. The number of aliphatic hydroxyl groups is 2. The lowest BCUT2D eigenvalue weighted by Crippen LogP contribution is -2.61. The van der Waals surface area contributed by atoms with Gasteiger partial charge in [-0.3, -0.25) is 4.79 Å². The molecule has 0 aliphatic carbocycles. The molecule has 0 bridgehead atoms. The Balaban J connectivity index is 1.65. The highest BCUT2D eigenvalue weighted by Crippen LogP contribution is 2.32. The quantitative estimate of drug-likeness (QED) is 0.292. The Kier molecular flexibility index (Phi) is 11.7. The molecule has 8 heteroatoms. The Morgan fingerprint density at radius 1 is 0.725 bits per heavy atom. The second-order valence-electron chi connectivity index (χ2n) is 9.87. The van der Waals surface area contributed by atoms with Gasteiger partial charge in [0.2, 0.25) is 0 Å². The second-order valence-corrected chi connectivity index (χ2v) is 9.87. The molecule has 1 aliphatic rings. The van der Waals surface area contributed by atoms with Crippen molar-refractivity contribution in [1.29, 1.82) is 0 Å². The van der Waals surface area contributed by atoms with E-state index in [-0.39, 0.29) is 32.8 Å². The van der Waals surface area contributed by atoms with E-state index < -0.39 is 49.2 Å². The average molecular weight is 551 g/mol. The van der Waals surface area contributed by atoms with E-state index in [1.165, 1.54) is 6.92 Å². The topological polar surface area (TPSA) is 104 Å². The minimum absolute atomic E-state index is 0.0584. The summed E-state index contributed by atoms with van der Waals surface area (Å²) in [6, 6.07) is 29.3. The summed E-state index contributed by atoms with van der Waals surface area (Å²) < 4.78 is 31.2. The van der Waals surface area contributed by atoms with Crippen LogP contribution in [0.1, 0.15) is 30.0 Å². The molecule has 0 spiro atoms. The molecule has 0 aromatic heterocycles. The van der Waals surface area contributed by atoms with Crippen LogP contribution in [0.4, 0.5) is 0 Å². The van der Waals surface area contributed by atoms with Crippen molar-refractivity contribution in [3.05, 3.63) is 108 Å². The first-order chi connectivity index (χ1) is 19.5. The van der Waals surface area contributed by atoms with Gasteiger partial charge in [0, 0.05) is 13.3 Å². The van der Waals surface area contributed by atoms with Gasteiger partial charge in [0.25, 0.3) is 0 Å². The third-order valence-electron chi connectivity index (χ3n) is 6.75. The van der Waals surface area contributed by atoms with E-state index in [1.54, 1.807) is 0 Å². The van der Waals surface area contributed by atoms with Gasteiger partial charge in [0.05, 0.1) is 38.6 Å². The Bertz CT molecular complexity index is 1130. The SMILES string of the molecule is CC(=O)OCC1O[C@H](CC(O)CO)C(OCc2ccccc2)C(OCc2ccccc2)[C@@H]1OCc1ccccc1. The summed E-state index contributed by atoms with van der Waals surface area (Å²) in [5, 5.41) is 20.0. The molecule has 3 aromatic carbocycles. The lowest BCUT2D eigenvalue weighted by Gasteiger charge is -2.46. The Morgan fingerprint density at radius 2 is 1.15 bits per heavy atom. The van der Waals surface area contributed by atoms with Crippen LogP contribution in [0.2, 0.25) is 0 Å². The van der Waals surface area contributed by atoms with Crippen LogP contribution in [-0.2, 0) is 48.3 Å². The highest BCUT2D eigenvalue weighted by molar-refractivity contribution is 5.65. The molecule has 0 amide bonds. The normalized spacial score (nSPS) is 23.4. The molecule has 1 aliphatic heterocycles. The van der Waals surface area contributed by atoms with Crippen LogP contribution in [0.15, 0.2) is 91.0 Å². The first kappa shape index (κ1) is 29.9. The predicted octanol–water partition coefficient (Wildman–Crippen LogP) is 3.82. The van der Waals surface area contributed by atoms with Crippen LogP contribution >= 0.6 is 0 Å². The summed E-state index contributed by atoms with van der Waals surface area (Å²) in [4.78, 5) is 11.7. The number of ether oxygens (including phenoxy) is 5. The molecule has 0 saturated carbocycles. The van der Waals surface area contributed by atoms with Crippen molar-refractivity contribution < 1.29 is 38.7 Å². The van der Waals surface area contributed by atoms with Crippen LogP contribution in [0.5, 0.6) is 0 Å². The van der Waals surface area contributed by atoms with Gasteiger partial charge < -0.3 is 33.9 Å². The van der Waals surface area contributed by atoms with E-state index >= 15 is 0 Å². The van der Waals surface area contributed by atoms with Crippen molar-refractivity contribution in [3.63, 3.8) is 0 Å². The largest absolute Gasteiger partial charge is 0.463 e. The second kappa shape index (κ2) is 15.6. The lowest BCUT2D eigenvalue weighted by molar-refractivity contribution is -0.275. The third kappa shape index (κ3) is 8.96. The van der Waals surface area contributed by atoms with Gasteiger partial charge in [-0.25, -0.2) is 0 Å². The maximum atomic E-state index is 11.7. The molecule has 1 saturated heterocycles. The molecule has 1 heterocycles. The van der Waals surface area contributed by atoms with E-state index in [4.69, 9.17) is 23.7 Å². The van der Waals surface area contributed by atoms with E-state index in [0.717, 1.165) is 16.7 Å². The summed E-state index contributed by atoms with van der Waals surface area (Å²) in [5.41, 5.74) is 2.91. The molecule has 3 aromatic rings. The van der Waals surface area contributed by atoms with Crippen molar-refractivity contribution in [2.45, 2.75) is 69.8 Å². The van der Waals surface area contributed by atoms with Gasteiger partial charge >= 0.3 is 5.97 Å². The van der Waals surface area contributed by atoms with Crippen LogP contribution in [-0.4, -0.2) is 66.0 Å². The zero-order chi connectivity index (χ0) is 28.2. The Hall–Kier alpha value is -3.11. The molecule has 1 fully saturated rings. The molecule has 6 atom stereocenters. The monoisotopic (exact) mass is 550 g/mol. The molecule has 40 heavy (non-hydrogen) atoms.